The number of carbonyl (C=O) groups excluding carboxylic acids is 1. The average molecular weight is 337 g/mol. The Kier molecular flexibility index (Phi) is 4.48. The Morgan fingerprint density at radius 2 is 1.31 bits per heavy atom. The van der Waals surface area contributed by atoms with E-state index in [-0.39, 0.29) is 5.91 Å². The van der Waals surface area contributed by atoms with Gasteiger partial charge < -0.3 is 4.90 Å². The summed E-state index contributed by atoms with van der Waals surface area (Å²) in [7, 11) is 0. The highest BCUT2D eigenvalue weighted by Crippen LogP contribution is 2.32. The molecule has 2 nitrogen and oxygen atoms in total. The van der Waals surface area contributed by atoms with Crippen molar-refractivity contribution in [2.75, 3.05) is 0 Å². The largest absolute Gasteiger partial charge is 0.303 e. The van der Waals surface area contributed by atoms with Crippen LogP contribution in [-0.4, -0.2) is 10.8 Å². The van der Waals surface area contributed by atoms with Crippen LogP contribution in [0.3, 0.4) is 0 Å². The van der Waals surface area contributed by atoms with Crippen molar-refractivity contribution in [3.8, 4) is 0 Å². The highest BCUT2D eigenvalue weighted by molar-refractivity contribution is 6.10. The van der Waals surface area contributed by atoms with E-state index in [9.17, 15) is 4.79 Å². The minimum absolute atomic E-state index is 0.0385. The highest BCUT2D eigenvalue weighted by atomic mass is 16.2. The minimum Gasteiger partial charge on any atom is -0.303 e. The first-order valence-electron chi connectivity index (χ1n) is 8.71. The van der Waals surface area contributed by atoms with Gasteiger partial charge in [-0.2, -0.15) is 0 Å². The van der Waals surface area contributed by atoms with Crippen LogP contribution in [0, 0.1) is 0 Å². The molecule has 0 atom stereocenters. The van der Waals surface area contributed by atoms with Crippen LogP contribution in [0.15, 0.2) is 103 Å². The van der Waals surface area contributed by atoms with E-state index in [4.69, 9.17) is 0 Å². The zero-order valence-electron chi connectivity index (χ0n) is 14.4. The fourth-order valence-electron chi connectivity index (χ4n) is 3.16. The molecular formula is C24H19NO. The lowest BCUT2D eigenvalue weighted by Crippen LogP contribution is -2.25. The van der Waals surface area contributed by atoms with Crippen molar-refractivity contribution < 1.29 is 4.79 Å². The summed E-state index contributed by atoms with van der Waals surface area (Å²) in [5.41, 5.74) is 4.85. The number of hydrogen-bond donors (Lipinski definition) is 0. The molecule has 0 bridgehead atoms. The molecule has 3 aromatic carbocycles. The summed E-state index contributed by atoms with van der Waals surface area (Å²) in [5.74, 6) is 0.0385. The van der Waals surface area contributed by atoms with Crippen molar-refractivity contribution in [2.24, 2.45) is 0 Å². The normalized spacial score (nSPS) is 15.4. The van der Waals surface area contributed by atoms with E-state index in [0.717, 1.165) is 22.4 Å². The number of nitrogens with zero attached hydrogens (tertiary/aromatic N) is 1. The van der Waals surface area contributed by atoms with Gasteiger partial charge >= 0.3 is 0 Å². The molecule has 126 valence electrons. The first-order valence-corrected chi connectivity index (χ1v) is 8.71. The Morgan fingerprint density at radius 3 is 1.96 bits per heavy atom. The lowest BCUT2D eigenvalue weighted by molar-refractivity contribution is -0.123. The number of benzene rings is 3. The molecule has 1 aliphatic heterocycles. The molecule has 0 aliphatic carbocycles. The fourth-order valence-corrected chi connectivity index (χ4v) is 3.16. The molecule has 4 rings (SSSR count). The van der Waals surface area contributed by atoms with Gasteiger partial charge in [-0.1, -0.05) is 91.0 Å². The molecule has 0 radical (unpaired) electrons. The molecule has 1 heterocycles. The molecule has 0 saturated carbocycles. The summed E-state index contributed by atoms with van der Waals surface area (Å²) < 4.78 is 0. The van der Waals surface area contributed by atoms with E-state index in [0.29, 0.717) is 12.1 Å². The summed E-state index contributed by atoms with van der Waals surface area (Å²) in [6.45, 7) is 0.562. The van der Waals surface area contributed by atoms with Gasteiger partial charge in [0.05, 0.1) is 12.2 Å². The third kappa shape index (κ3) is 3.35. The molecule has 0 N–H and O–H groups in total. The summed E-state index contributed by atoms with van der Waals surface area (Å²) in [6.07, 6.45) is 3.95. The van der Waals surface area contributed by atoms with Crippen molar-refractivity contribution in [1.82, 2.24) is 4.90 Å². The van der Waals surface area contributed by atoms with E-state index in [1.54, 1.807) is 0 Å². The van der Waals surface area contributed by atoms with Gasteiger partial charge in [-0.3, -0.25) is 4.79 Å². The van der Waals surface area contributed by atoms with Gasteiger partial charge in [-0.25, -0.2) is 0 Å². The number of amides is 1. The lowest BCUT2D eigenvalue weighted by Gasteiger charge is -2.20. The number of rotatable bonds is 4. The maximum atomic E-state index is 13.1. The third-order valence-electron chi connectivity index (χ3n) is 4.45. The molecule has 1 aliphatic rings. The average Bonchev–Trinajstić information content (AvgIpc) is 3.00. The molecule has 0 spiro atoms. The highest BCUT2D eigenvalue weighted by Gasteiger charge is 2.28. The zero-order chi connectivity index (χ0) is 17.8. The van der Waals surface area contributed by atoms with E-state index in [1.165, 1.54) is 0 Å². The molecule has 0 saturated heterocycles. The van der Waals surface area contributed by atoms with Gasteiger partial charge in [0.2, 0.25) is 0 Å². The van der Waals surface area contributed by atoms with Gasteiger partial charge in [0.25, 0.3) is 5.91 Å². The predicted octanol–water partition coefficient (Wildman–Crippen LogP) is 5.15. The first kappa shape index (κ1) is 16.1. The second-order valence-electron chi connectivity index (χ2n) is 6.28. The minimum atomic E-state index is 0.0385. The van der Waals surface area contributed by atoms with Gasteiger partial charge in [0.15, 0.2) is 0 Å². The second-order valence-corrected chi connectivity index (χ2v) is 6.28. The fraction of sp³-hybridized carbons (Fsp3) is 0.0417. The standard InChI is InChI=1S/C24H19NO/c26-24-22(16-19-10-4-1-5-11-19)17-23(21-14-8-3-9-15-21)25(24)18-20-12-6-2-7-13-20/h1-17H,18H2. The van der Waals surface area contributed by atoms with Crippen LogP contribution in [0.5, 0.6) is 0 Å². The Balaban J connectivity index is 1.73. The van der Waals surface area contributed by atoms with E-state index < -0.39 is 0 Å². The quantitative estimate of drug-likeness (QED) is 0.603. The monoisotopic (exact) mass is 337 g/mol. The van der Waals surface area contributed by atoms with E-state index in [2.05, 4.69) is 12.1 Å². The SMILES string of the molecule is O=C1C(=Cc2ccccc2)C=C(c2ccccc2)N1Cc1ccccc1. The molecule has 1 amide bonds. The summed E-state index contributed by atoms with van der Waals surface area (Å²) in [4.78, 5) is 15.0. The number of carbonyl (C=O) groups is 1. The van der Waals surface area contributed by atoms with Crippen molar-refractivity contribution >= 4 is 17.7 Å². The van der Waals surface area contributed by atoms with Crippen LogP contribution in [0.2, 0.25) is 0 Å². The Hall–Kier alpha value is -3.39. The van der Waals surface area contributed by atoms with Gasteiger partial charge in [0.1, 0.15) is 0 Å². The topological polar surface area (TPSA) is 20.3 Å². The Bertz CT molecular complexity index is 957. The van der Waals surface area contributed by atoms with Crippen molar-refractivity contribution in [1.29, 1.82) is 0 Å². The van der Waals surface area contributed by atoms with Gasteiger partial charge in [-0.05, 0) is 28.8 Å². The van der Waals surface area contributed by atoms with Crippen LogP contribution in [0.4, 0.5) is 0 Å². The second kappa shape index (κ2) is 7.24. The van der Waals surface area contributed by atoms with Crippen molar-refractivity contribution in [2.45, 2.75) is 6.54 Å². The van der Waals surface area contributed by atoms with Crippen molar-refractivity contribution in [3.05, 3.63) is 119 Å². The zero-order valence-corrected chi connectivity index (χ0v) is 14.4. The first-order chi connectivity index (χ1) is 12.8. The maximum absolute atomic E-state index is 13.1. The van der Waals surface area contributed by atoms with E-state index >= 15 is 0 Å². The third-order valence-corrected chi connectivity index (χ3v) is 4.45. The molecule has 0 unspecified atom stereocenters. The summed E-state index contributed by atoms with van der Waals surface area (Å²) in [5, 5.41) is 0. The summed E-state index contributed by atoms with van der Waals surface area (Å²) in [6, 6.07) is 30.1. The Labute approximate surface area is 153 Å². The van der Waals surface area contributed by atoms with Crippen molar-refractivity contribution in [3.63, 3.8) is 0 Å². The summed E-state index contributed by atoms with van der Waals surface area (Å²) >= 11 is 0. The maximum Gasteiger partial charge on any atom is 0.258 e. The lowest BCUT2D eigenvalue weighted by atomic mass is 10.1. The molecule has 3 aromatic rings. The van der Waals surface area contributed by atoms with Crippen LogP contribution < -0.4 is 0 Å². The van der Waals surface area contributed by atoms with Gasteiger partial charge in [0, 0.05) is 5.57 Å². The molecule has 2 heteroatoms. The molecular weight excluding hydrogens is 318 g/mol. The van der Waals surface area contributed by atoms with Crippen LogP contribution in [0.25, 0.3) is 11.8 Å². The van der Waals surface area contributed by atoms with E-state index in [1.807, 2.05) is 95.9 Å². The smallest absolute Gasteiger partial charge is 0.258 e. The molecule has 0 aromatic heterocycles. The number of hydrogen-bond acceptors (Lipinski definition) is 1. The molecule has 0 fully saturated rings. The predicted molar refractivity (Wildman–Crippen MR) is 106 cm³/mol. The Morgan fingerprint density at radius 1 is 0.731 bits per heavy atom. The van der Waals surface area contributed by atoms with Gasteiger partial charge in [-0.15, -0.1) is 0 Å². The molecule has 26 heavy (non-hydrogen) atoms. The van der Waals surface area contributed by atoms with Crippen LogP contribution in [-0.2, 0) is 11.3 Å². The van der Waals surface area contributed by atoms with Crippen LogP contribution >= 0.6 is 0 Å². The van der Waals surface area contributed by atoms with Crippen LogP contribution in [0.1, 0.15) is 16.7 Å².